The van der Waals surface area contributed by atoms with E-state index in [1.165, 1.54) is 11.1 Å². The van der Waals surface area contributed by atoms with Crippen LogP contribution in [-0.2, 0) is 6.42 Å². The number of halogens is 1. The first kappa shape index (κ1) is 13.9. The van der Waals surface area contributed by atoms with Crippen LogP contribution >= 0.6 is 15.9 Å². The van der Waals surface area contributed by atoms with Crippen LogP contribution in [0.5, 0.6) is 5.75 Å². The minimum absolute atomic E-state index is 0.290. The fraction of sp³-hybridized carbons (Fsp3) is 0.0526. The molecule has 3 aromatic rings. The normalized spacial score (nSPS) is 10.5. The third kappa shape index (κ3) is 3.17. The Labute approximate surface area is 133 Å². The van der Waals surface area contributed by atoms with Crippen LogP contribution in [0.2, 0.25) is 0 Å². The molecule has 3 rings (SSSR count). The number of benzene rings is 3. The predicted octanol–water partition coefficient (Wildman–Crippen LogP) is 5.41. The average Bonchev–Trinajstić information content (AvgIpc) is 2.52. The Morgan fingerprint density at radius 1 is 0.762 bits per heavy atom. The lowest BCUT2D eigenvalue weighted by molar-refractivity contribution is 0.474. The predicted molar refractivity (Wildman–Crippen MR) is 90.5 cm³/mol. The molecule has 0 aromatic heterocycles. The van der Waals surface area contributed by atoms with E-state index in [0.717, 1.165) is 22.0 Å². The van der Waals surface area contributed by atoms with Crippen LogP contribution in [0.4, 0.5) is 0 Å². The summed E-state index contributed by atoms with van der Waals surface area (Å²) in [4.78, 5) is 0. The molecule has 0 aliphatic rings. The molecule has 0 atom stereocenters. The van der Waals surface area contributed by atoms with Gasteiger partial charge in [0.2, 0.25) is 0 Å². The highest BCUT2D eigenvalue weighted by atomic mass is 79.9. The second-order valence-electron chi connectivity index (χ2n) is 5.00. The van der Waals surface area contributed by atoms with E-state index in [4.69, 9.17) is 0 Å². The molecule has 0 saturated carbocycles. The molecule has 1 nitrogen and oxygen atoms in total. The zero-order chi connectivity index (χ0) is 14.7. The summed E-state index contributed by atoms with van der Waals surface area (Å²) in [6, 6.07) is 24.3. The van der Waals surface area contributed by atoms with Crippen molar-refractivity contribution in [2.75, 3.05) is 0 Å². The summed E-state index contributed by atoms with van der Waals surface area (Å²) in [7, 11) is 0. The van der Waals surface area contributed by atoms with Crippen molar-refractivity contribution in [1.29, 1.82) is 0 Å². The SMILES string of the molecule is Oc1c(Br)cc(Cc2ccccc2)cc1-c1ccccc1. The van der Waals surface area contributed by atoms with E-state index in [-0.39, 0.29) is 5.75 Å². The summed E-state index contributed by atoms with van der Waals surface area (Å²) in [6.07, 6.45) is 0.847. The Balaban J connectivity index is 2.02. The first-order valence-corrected chi connectivity index (χ1v) is 7.64. The van der Waals surface area contributed by atoms with Gasteiger partial charge in [0, 0.05) is 5.56 Å². The van der Waals surface area contributed by atoms with Crippen molar-refractivity contribution >= 4 is 15.9 Å². The molecule has 0 heterocycles. The lowest BCUT2D eigenvalue weighted by Crippen LogP contribution is -1.90. The molecule has 0 saturated heterocycles. The Bertz CT molecular complexity index is 736. The van der Waals surface area contributed by atoms with Crippen LogP contribution in [0.25, 0.3) is 11.1 Å². The Kier molecular flexibility index (Phi) is 4.07. The zero-order valence-electron chi connectivity index (χ0n) is 11.5. The largest absolute Gasteiger partial charge is 0.506 e. The number of hydrogen-bond donors (Lipinski definition) is 1. The Hall–Kier alpha value is -2.06. The van der Waals surface area contributed by atoms with Gasteiger partial charge in [-0.25, -0.2) is 0 Å². The van der Waals surface area contributed by atoms with E-state index >= 15 is 0 Å². The van der Waals surface area contributed by atoms with Gasteiger partial charge in [-0.1, -0.05) is 60.7 Å². The van der Waals surface area contributed by atoms with Gasteiger partial charge in [-0.3, -0.25) is 0 Å². The maximum absolute atomic E-state index is 10.3. The lowest BCUT2D eigenvalue weighted by atomic mass is 9.98. The zero-order valence-corrected chi connectivity index (χ0v) is 13.0. The van der Waals surface area contributed by atoms with Gasteiger partial charge in [0.15, 0.2) is 0 Å². The minimum atomic E-state index is 0.290. The highest BCUT2D eigenvalue weighted by molar-refractivity contribution is 9.10. The van der Waals surface area contributed by atoms with Gasteiger partial charge in [-0.05, 0) is 51.2 Å². The number of hydrogen-bond acceptors (Lipinski definition) is 1. The molecule has 0 spiro atoms. The van der Waals surface area contributed by atoms with Crippen LogP contribution in [0.1, 0.15) is 11.1 Å². The molecular formula is C19H15BrO. The van der Waals surface area contributed by atoms with Crippen molar-refractivity contribution < 1.29 is 5.11 Å². The van der Waals surface area contributed by atoms with Gasteiger partial charge < -0.3 is 5.11 Å². The summed E-state index contributed by atoms with van der Waals surface area (Å²) < 4.78 is 0.731. The van der Waals surface area contributed by atoms with Gasteiger partial charge in [-0.2, -0.15) is 0 Å². The van der Waals surface area contributed by atoms with Crippen molar-refractivity contribution in [2.24, 2.45) is 0 Å². The molecule has 0 aliphatic heterocycles. The molecular weight excluding hydrogens is 324 g/mol. The standard InChI is InChI=1S/C19H15BrO/c20-18-13-15(11-14-7-3-1-4-8-14)12-17(19(18)21)16-9-5-2-6-10-16/h1-10,12-13,21H,11H2. The fourth-order valence-corrected chi connectivity index (χ4v) is 2.93. The molecule has 3 aromatic carbocycles. The summed E-state index contributed by atoms with van der Waals surface area (Å²) >= 11 is 3.46. The summed E-state index contributed by atoms with van der Waals surface area (Å²) in [5.74, 6) is 0.290. The number of phenolic OH excluding ortho intramolecular Hbond substituents is 1. The summed E-state index contributed by atoms with van der Waals surface area (Å²) in [5, 5.41) is 10.3. The Morgan fingerprint density at radius 2 is 1.38 bits per heavy atom. The van der Waals surface area contributed by atoms with E-state index in [1.54, 1.807) is 0 Å². The van der Waals surface area contributed by atoms with Crippen LogP contribution in [0, 0.1) is 0 Å². The van der Waals surface area contributed by atoms with Gasteiger partial charge >= 0.3 is 0 Å². The number of phenols is 1. The lowest BCUT2D eigenvalue weighted by Gasteiger charge is -2.10. The van der Waals surface area contributed by atoms with Crippen LogP contribution < -0.4 is 0 Å². The van der Waals surface area contributed by atoms with E-state index in [9.17, 15) is 5.11 Å². The fourth-order valence-electron chi connectivity index (χ4n) is 2.43. The summed E-state index contributed by atoms with van der Waals surface area (Å²) in [5.41, 5.74) is 4.31. The molecule has 0 unspecified atom stereocenters. The molecule has 0 fully saturated rings. The Morgan fingerprint density at radius 3 is 2.05 bits per heavy atom. The van der Waals surface area contributed by atoms with E-state index in [0.29, 0.717) is 0 Å². The van der Waals surface area contributed by atoms with Crippen molar-refractivity contribution in [3.8, 4) is 16.9 Å². The van der Waals surface area contributed by atoms with Crippen molar-refractivity contribution in [3.05, 3.63) is 88.4 Å². The molecule has 1 N–H and O–H groups in total. The third-order valence-electron chi connectivity index (χ3n) is 3.46. The van der Waals surface area contributed by atoms with Crippen LogP contribution in [0.3, 0.4) is 0 Å². The number of rotatable bonds is 3. The molecule has 0 amide bonds. The second-order valence-corrected chi connectivity index (χ2v) is 5.86. The summed E-state index contributed by atoms with van der Waals surface area (Å²) in [6.45, 7) is 0. The highest BCUT2D eigenvalue weighted by Gasteiger charge is 2.10. The molecule has 0 bridgehead atoms. The monoisotopic (exact) mass is 338 g/mol. The van der Waals surface area contributed by atoms with Crippen molar-refractivity contribution in [3.63, 3.8) is 0 Å². The topological polar surface area (TPSA) is 20.2 Å². The van der Waals surface area contributed by atoms with E-state index in [1.807, 2.05) is 54.6 Å². The maximum atomic E-state index is 10.3. The quantitative estimate of drug-likeness (QED) is 0.676. The van der Waals surface area contributed by atoms with Crippen LogP contribution in [0.15, 0.2) is 77.3 Å². The first-order chi connectivity index (χ1) is 10.2. The third-order valence-corrected chi connectivity index (χ3v) is 4.06. The average molecular weight is 339 g/mol. The second kappa shape index (κ2) is 6.15. The first-order valence-electron chi connectivity index (χ1n) is 6.85. The molecule has 21 heavy (non-hydrogen) atoms. The van der Waals surface area contributed by atoms with Gasteiger partial charge in [0.05, 0.1) is 4.47 Å². The van der Waals surface area contributed by atoms with Gasteiger partial charge in [0.1, 0.15) is 5.75 Å². The van der Waals surface area contributed by atoms with E-state index in [2.05, 4.69) is 34.1 Å². The smallest absolute Gasteiger partial charge is 0.137 e. The maximum Gasteiger partial charge on any atom is 0.137 e. The van der Waals surface area contributed by atoms with Gasteiger partial charge in [-0.15, -0.1) is 0 Å². The molecule has 0 radical (unpaired) electrons. The van der Waals surface area contributed by atoms with Crippen molar-refractivity contribution in [1.82, 2.24) is 0 Å². The molecule has 0 aliphatic carbocycles. The number of aromatic hydroxyl groups is 1. The minimum Gasteiger partial charge on any atom is -0.506 e. The highest BCUT2D eigenvalue weighted by Crippen LogP contribution is 2.37. The van der Waals surface area contributed by atoms with E-state index < -0.39 is 0 Å². The van der Waals surface area contributed by atoms with Crippen molar-refractivity contribution in [2.45, 2.75) is 6.42 Å². The van der Waals surface area contributed by atoms with Crippen LogP contribution in [-0.4, -0.2) is 5.11 Å². The molecule has 2 heteroatoms. The molecule has 104 valence electrons. The van der Waals surface area contributed by atoms with Gasteiger partial charge in [0.25, 0.3) is 0 Å².